The lowest BCUT2D eigenvalue weighted by Gasteiger charge is -2.25. The lowest BCUT2D eigenvalue weighted by molar-refractivity contribution is -0.133. The Labute approximate surface area is 143 Å². The van der Waals surface area contributed by atoms with Gasteiger partial charge in [-0.05, 0) is 31.7 Å². The zero-order valence-corrected chi connectivity index (χ0v) is 14.3. The minimum atomic E-state index is -0.320. The van der Waals surface area contributed by atoms with Crippen LogP contribution in [0.15, 0.2) is 24.3 Å². The van der Waals surface area contributed by atoms with Crippen LogP contribution >= 0.6 is 0 Å². The number of nitrogens with two attached hydrogens (primary N) is 1. The SMILES string of the molecule is Cc1ccc(CCN(CC2CCCO2)C(=O)CNC(=O)CN)cc1. The molecule has 1 fully saturated rings. The maximum atomic E-state index is 12.4. The van der Waals surface area contributed by atoms with Crippen LogP contribution in [-0.2, 0) is 20.7 Å². The molecule has 2 rings (SSSR count). The summed E-state index contributed by atoms with van der Waals surface area (Å²) in [6.45, 7) is 3.87. The maximum Gasteiger partial charge on any atom is 0.242 e. The molecular formula is C18H27N3O3. The van der Waals surface area contributed by atoms with Crippen molar-refractivity contribution in [2.75, 3.05) is 32.8 Å². The van der Waals surface area contributed by atoms with Crippen LogP contribution in [0.1, 0.15) is 24.0 Å². The first-order valence-corrected chi connectivity index (χ1v) is 8.50. The molecular weight excluding hydrogens is 306 g/mol. The van der Waals surface area contributed by atoms with Gasteiger partial charge in [0.1, 0.15) is 0 Å². The predicted octanol–water partition coefficient (Wildman–Crippen LogP) is 0.620. The fourth-order valence-corrected chi connectivity index (χ4v) is 2.73. The first-order chi connectivity index (χ1) is 11.6. The van der Waals surface area contributed by atoms with Gasteiger partial charge in [-0.3, -0.25) is 9.59 Å². The van der Waals surface area contributed by atoms with Crippen LogP contribution in [0.2, 0.25) is 0 Å². The van der Waals surface area contributed by atoms with Crippen molar-refractivity contribution < 1.29 is 14.3 Å². The van der Waals surface area contributed by atoms with E-state index in [1.165, 1.54) is 11.1 Å². The van der Waals surface area contributed by atoms with Crippen LogP contribution in [0.25, 0.3) is 0 Å². The van der Waals surface area contributed by atoms with Gasteiger partial charge in [-0.25, -0.2) is 0 Å². The zero-order valence-electron chi connectivity index (χ0n) is 14.3. The predicted molar refractivity (Wildman–Crippen MR) is 92.5 cm³/mol. The van der Waals surface area contributed by atoms with Gasteiger partial charge in [0.25, 0.3) is 0 Å². The summed E-state index contributed by atoms with van der Waals surface area (Å²) in [6, 6.07) is 8.31. The lowest BCUT2D eigenvalue weighted by Crippen LogP contribution is -2.45. The number of hydrogen-bond donors (Lipinski definition) is 2. The molecule has 6 heteroatoms. The van der Waals surface area contributed by atoms with Gasteiger partial charge in [0, 0.05) is 19.7 Å². The highest BCUT2D eigenvalue weighted by Gasteiger charge is 2.22. The number of ether oxygens (including phenoxy) is 1. The Morgan fingerprint density at radius 3 is 2.71 bits per heavy atom. The Hall–Kier alpha value is -1.92. The zero-order chi connectivity index (χ0) is 17.4. The Kier molecular flexibility index (Phi) is 7.21. The number of aryl methyl sites for hydroxylation is 1. The second-order valence-corrected chi connectivity index (χ2v) is 6.19. The fraction of sp³-hybridized carbons (Fsp3) is 0.556. The molecule has 1 saturated heterocycles. The third kappa shape index (κ3) is 5.94. The summed E-state index contributed by atoms with van der Waals surface area (Å²) in [5.74, 6) is -0.418. The molecule has 0 aromatic heterocycles. The standard InChI is InChI=1S/C18H27N3O3/c1-14-4-6-15(7-5-14)8-9-21(13-16-3-2-10-24-16)18(23)12-20-17(22)11-19/h4-7,16H,2-3,8-13,19H2,1H3,(H,20,22). The van der Waals surface area contributed by atoms with Crippen LogP contribution < -0.4 is 11.1 Å². The maximum absolute atomic E-state index is 12.4. The van der Waals surface area contributed by atoms with E-state index >= 15 is 0 Å². The molecule has 3 N–H and O–H groups in total. The Morgan fingerprint density at radius 1 is 1.33 bits per heavy atom. The normalized spacial score (nSPS) is 16.8. The van der Waals surface area contributed by atoms with Crippen molar-refractivity contribution in [3.63, 3.8) is 0 Å². The quantitative estimate of drug-likeness (QED) is 0.730. The van der Waals surface area contributed by atoms with Gasteiger partial charge in [0.2, 0.25) is 11.8 Å². The monoisotopic (exact) mass is 333 g/mol. The van der Waals surface area contributed by atoms with Gasteiger partial charge in [0.15, 0.2) is 0 Å². The highest BCUT2D eigenvalue weighted by molar-refractivity contribution is 5.85. The molecule has 1 unspecified atom stereocenters. The Bertz CT molecular complexity index is 539. The molecule has 1 aliphatic heterocycles. The van der Waals surface area contributed by atoms with Crippen LogP contribution in [0.3, 0.4) is 0 Å². The minimum absolute atomic E-state index is 0.0172. The molecule has 0 saturated carbocycles. The largest absolute Gasteiger partial charge is 0.376 e. The van der Waals surface area contributed by atoms with Gasteiger partial charge in [-0.2, -0.15) is 0 Å². The number of benzene rings is 1. The smallest absolute Gasteiger partial charge is 0.242 e. The Morgan fingerprint density at radius 2 is 2.08 bits per heavy atom. The minimum Gasteiger partial charge on any atom is -0.376 e. The summed E-state index contributed by atoms with van der Waals surface area (Å²) in [4.78, 5) is 25.5. The molecule has 1 atom stereocenters. The van der Waals surface area contributed by atoms with Gasteiger partial charge in [-0.1, -0.05) is 29.8 Å². The molecule has 0 aliphatic carbocycles. The van der Waals surface area contributed by atoms with Crippen molar-refractivity contribution in [2.24, 2.45) is 5.73 Å². The van der Waals surface area contributed by atoms with E-state index in [2.05, 4.69) is 36.5 Å². The molecule has 0 radical (unpaired) electrons. The summed E-state index contributed by atoms with van der Waals surface area (Å²) in [6.07, 6.45) is 2.89. The molecule has 132 valence electrons. The highest BCUT2D eigenvalue weighted by atomic mass is 16.5. The first kappa shape index (κ1) is 18.4. The number of amides is 2. The molecule has 1 aromatic carbocycles. The molecule has 0 bridgehead atoms. The topological polar surface area (TPSA) is 84.7 Å². The summed E-state index contributed by atoms with van der Waals surface area (Å²) in [5.41, 5.74) is 7.67. The van der Waals surface area contributed by atoms with E-state index in [0.717, 1.165) is 25.9 Å². The summed E-state index contributed by atoms with van der Waals surface area (Å²) < 4.78 is 5.65. The van der Waals surface area contributed by atoms with Gasteiger partial charge in [0.05, 0.1) is 19.2 Å². The van der Waals surface area contributed by atoms with Gasteiger partial charge in [-0.15, -0.1) is 0 Å². The molecule has 0 spiro atoms. The second kappa shape index (κ2) is 9.39. The number of rotatable bonds is 8. The van der Waals surface area contributed by atoms with Crippen molar-refractivity contribution in [1.82, 2.24) is 10.2 Å². The van der Waals surface area contributed by atoms with Crippen molar-refractivity contribution in [1.29, 1.82) is 0 Å². The van der Waals surface area contributed by atoms with Crippen molar-refractivity contribution in [2.45, 2.75) is 32.3 Å². The summed E-state index contributed by atoms with van der Waals surface area (Å²) in [7, 11) is 0. The summed E-state index contributed by atoms with van der Waals surface area (Å²) in [5, 5.41) is 2.55. The second-order valence-electron chi connectivity index (χ2n) is 6.19. The molecule has 1 aliphatic rings. The third-order valence-electron chi connectivity index (χ3n) is 4.21. The Balaban J connectivity index is 1.91. The van der Waals surface area contributed by atoms with Crippen molar-refractivity contribution in [3.05, 3.63) is 35.4 Å². The first-order valence-electron chi connectivity index (χ1n) is 8.50. The number of carbonyl (C=O) groups is 2. The fourth-order valence-electron chi connectivity index (χ4n) is 2.73. The highest BCUT2D eigenvalue weighted by Crippen LogP contribution is 2.14. The third-order valence-corrected chi connectivity index (χ3v) is 4.21. The molecule has 1 aromatic rings. The van der Waals surface area contributed by atoms with E-state index in [1.807, 2.05) is 0 Å². The van der Waals surface area contributed by atoms with E-state index in [-0.39, 0.29) is 31.0 Å². The van der Waals surface area contributed by atoms with Gasteiger partial charge >= 0.3 is 0 Å². The van der Waals surface area contributed by atoms with Gasteiger partial charge < -0.3 is 20.7 Å². The number of carbonyl (C=O) groups excluding carboxylic acids is 2. The van der Waals surface area contributed by atoms with E-state index in [0.29, 0.717) is 13.1 Å². The van der Waals surface area contributed by atoms with Crippen molar-refractivity contribution >= 4 is 11.8 Å². The number of hydrogen-bond acceptors (Lipinski definition) is 4. The molecule has 2 amide bonds. The molecule has 24 heavy (non-hydrogen) atoms. The van der Waals surface area contributed by atoms with Crippen LogP contribution in [0, 0.1) is 6.92 Å². The van der Waals surface area contributed by atoms with E-state index in [1.54, 1.807) is 4.90 Å². The van der Waals surface area contributed by atoms with Crippen LogP contribution in [0.4, 0.5) is 0 Å². The van der Waals surface area contributed by atoms with E-state index in [4.69, 9.17) is 10.5 Å². The summed E-state index contributed by atoms with van der Waals surface area (Å²) >= 11 is 0. The molecule has 6 nitrogen and oxygen atoms in total. The van der Waals surface area contributed by atoms with Crippen molar-refractivity contribution in [3.8, 4) is 0 Å². The number of nitrogens with one attached hydrogen (secondary N) is 1. The van der Waals surface area contributed by atoms with Crippen LogP contribution in [-0.4, -0.2) is 55.6 Å². The molecule has 1 heterocycles. The van der Waals surface area contributed by atoms with Crippen LogP contribution in [0.5, 0.6) is 0 Å². The average Bonchev–Trinajstić information content (AvgIpc) is 3.10. The van der Waals surface area contributed by atoms with E-state index < -0.39 is 0 Å². The average molecular weight is 333 g/mol. The van der Waals surface area contributed by atoms with E-state index in [9.17, 15) is 9.59 Å². The lowest BCUT2D eigenvalue weighted by atomic mass is 10.1. The number of nitrogens with zero attached hydrogens (tertiary/aromatic N) is 1.